The number of carbonyl (C=O) groups excluding carboxylic acids is 2. The van der Waals surface area contributed by atoms with Crippen molar-refractivity contribution < 1.29 is 14.3 Å². The Morgan fingerprint density at radius 2 is 1.59 bits per heavy atom. The third kappa shape index (κ3) is 5.11. The minimum Gasteiger partial charge on any atom is -0.496 e. The number of aryl methyl sites for hydroxylation is 1. The van der Waals surface area contributed by atoms with Gasteiger partial charge in [-0.25, -0.2) is 0 Å². The summed E-state index contributed by atoms with van der Waals surface area (Å²) in [5, 5.41) is 3.14. The molecule has 3 aromatic carbocycles. The summed E-state index contributed by atoms with van der Waals surface area (Å²) >= 11 is 0. The average molecular weight is 387 g/mol. The molecular formula is C25H25NO3. The van der Waals surface area contributed by atoms with Crippen molar-refractivity contribution >= 4 is 11.7 Å². The van der Waals surface area contributed by atoms with Crippen LogP contribution < -0.4 is 10.1 Å². The highest BCUT2D eigenvalue weighted by Gasteiger charge is 2.18. The number of hydrogen-bond donors (Lipinski definition) is 1. The summed E-state index contributed by atoms with van der Waals surface area (Å²) in [4.78, 5) is 24.7. The number of carbonyl (C=O) groups is 2. The number of Topliss-reactive ketones (excluding diaryl/α,β-unsaturated/α-hetero) is 1. The molecule has 1 amide bonds. The predicted octanol–water partition coefficient (Wildman–Crippen LogP) is 4.65. The lowest BCUT2D eigenvalue weighted by molar-refractivity contribution is -0.121. The van der Waals surface area contributed by atoms with Crippen molar-refractivity contribution in [2.75, 3.05) is 7.11 Å². The maximum atomic E-state index is 12.9. The van der Waals surface area contributed by atoms with Gasteiger partial charge in [-0.05, 0) is 43.2 Å². The number of ketones is 1. The molecule has 0 aromatic heterocycles. The van der Waals surface area contributed by atoms with Crippen molar-refractivity contribution in [3.63, 3.8) is 0 Å². The number of nitrogens with one attached hydrogen (secondary N) is 1. The second kappa shape index (κ2) is 9.20. The lowest BCUT2D eigenvalue weighted by Gasteiger charge is -2.20. The van der Waals surface area contributed by atoms with Crippen LogP contribution in [0.2, 0.25) is 0 Å². The molecule has 0 heterocycles. The summed E-state index contributed by atoms with van der Waals surface area (Å²) in [6.07, 6.45) is 0.124. The van der Waals surface area contributed by atoms with E-state index in [0.29, 0.717) is 16.9 Å². The number of amides is 1. The first-order valence-electron chi connectivity index (χ1n) is 9.56. The summed E-state index contributed by atoms with van der Waals surface area (Å²) in [7, 11) is 1.56. The van der Waals surface area contributed by atoms with Crippen molar-refractivity contribution in [1.29, 1.82) is 0 Å². The molecule has 0 aliphatic rings. The lowest BCUT2D eigenvalue weighted by Crippen LogP contribution is -2.30. The number of rotatable bonds is 7. The molecule has 0 fully saturated rings. The van der Waals surface area contributed by atoms with Gasteiger partial charge >= 0.3 is 0 Å². The van der Waals surface area contributed by atoms with Crippen LogP contribution in [0, 0.1) is 6.92 Å². The Morgan fingerprint density at radius 3 is 2.21 bits per heavy atom. The summed E-state index contributed by atoms with van der Waals surface area (Å²) in [6.45, 7) is 3.54. The highest BCUT2D eigenvalue weighted by Crippen LogP contribution is 2.24. The van der Waals surface area contributed by atoms with E-state index in [-0.39, 0.29) is 24.2 Å². The Hall–Kier alpha value is -3.40. The van der Waals surface area contributed by atoms with Crippen LogP contribution in [0.3, 0.4) is 0 Å². The first kappa shape index (κ1) is 20.3. The van der Waals surface area contributed by atoms with Gasteiger partial charge in [-0.1, -0.05) is 60.2 Å². The predicted molar refractivity (Wildman–Crippen MR) is 114 cm³/mol. The molecule has 0 aliphatic carbocycles. The Morgan fingerprint density at radius 1 is 0.931 bits per heavy atom. The van der Waals surface area contributed by atoms with E-state index in [4.69, 9.17) is 4.74 Å². The first-order chi connectivity index (χ1) is 14.0. The van der Waals surface area contributed by atoms with Crippen LogP contribution in [0.15, 0.2) is 72.8 Å². The molecule has 0 unspecified atom stereocenters. The summed E-state index contributed by atoms with van der Waals surface area (Å²) in [6, 6.07) is 22.9. The van der Waals surface area contributed by atoms with Gasteiger partial charge in [0, 0.05) is 11.1 Å². The van der Waals surface area contributed by atoms with Gasteiger partial charge in [0.05, 0.1) is 19.6 Å². The van der Waals surface area contributed by atoms with Crippen molar-refractivity contribution in [3.05, 3.63) is 101 Å². The third-order valence-corrected chi connectivity index (χ3v) is 4.89. The highest BCUT2D eigenvalue weighted by atomic mass is 16.5. The average Bonchev–Trinajstić information content (AvgIpc) is 2.73. The van der Waals surface area contributed by atoms with E-state index < -0.39 is 0 Å². The SMILES string of the molecule is COc1ccc(C(C)=O)cc1CC(=O)N[C@H](c1ccccc1)c1ccc(C)cc1. The third-order valence-electron chi connectivity index (χ3n) is 4.89. The second-order valence-electron chi connectivity index (χ2n) is 7.08. The van der Waals surface area contributed by atoms with Gasteiger partial charge in [0.15, 0.2) is 5.78 Å². The topological polar surface area (TPSA) is 55.4 Å². The molecule has 0 saturated heterocycles. The quantitative estimate of drug-likeness (QED) is 0.600. The molecule has 0 radical (unpaired) electrons. The van der Waals surface area contributed by atoms with Crippen LogP contribution in [0.1, 0.15) is 45.6 Å². The molecule has 29 heavy (non-hydrogen) atoms. The molecule has 4 nitrogen and oxygen atoms in total. The monoisotopic (exact) mass is 387 g/mol. The van der Waals surface area contributed by atoms with E-state index in [1.165, 1.54) is 6.92 Å². The largest absolute Gasteiger partial charge is 0.496 e. The normalized spacial score (nSPS) is 11.6. The lowest BCUT2D eigenvalue weighted by atomic mass is 9.97. The van der Waals surface area contributed by atoms with Gasteiger partial charge < -0.3 is 10.1 Å². The van der Waals surface area contributed by atoms with Gasteiger partial charge in [-0.2, -0.15) is 0 Å². The highest BCUT2D eigenvalue weighted by molar-refractivity contribution is 5.94. The van der Waals surface area contributed by atoms with Gasteiger partial charge in [-0.3, -0.25) is 9.59 Å². The molecule has 0 spiro atoms. The van der Waals surface area contributed by atoms with E-state index in [1.54, 1.807) is 25.3 Å². The zero-order chi connectivity index (χ0) is 20.8. The van der Waals surface area contributed by atoms with Crippen LogP contribution in [0.4, 0.5) is 0 Å². The Labute approximate surface area is 171 Å². The zero-order valence-electron chi connectivity index (χ0n) is 16.9. The molecule has 3 rings (SSSR count). The number of ether oxygens (including phenoxy) is 1. The maximum absolute atomic E-state index is 12.9. The smallest absolute Gasteiger partial charge is 0.225 e. The molecule has 0 aliphatic heterocycles. The number of hydrogen-bond acceptors (Lipinski definition) is 3. The fourth-order valence-corrected chi connectivity index (χ4v) is 3.28. The minimum atomic E-state index is -0.258. The van der Waals surface area contributed by atoms with Crippen LogP contribution in [-0.4, -0.2) is 18.8 Å². The van der Waals surface area contributed by atoms with E-state index in [1.807, 2.05) is 61.5 Å². The molecule has 1 atom stereocenters. The molecular weight excluding hydrogens is 362 g/mol. The summed E-state index contributed by atoms with van der Waals surface area (Å²) in [5.41, 5.74) is 4.44. The van der Waals surface area contributed by atoms with Crippen LogP contribution >= 0.6 is 0 Å². The minimum absolute atomic E-state index is 0.0453. The van der Waals surface area contributed by atoms with Crippen molar-refractivity contribution in [2.45, 2.75) is 26.3 Å². The van der Waals surface area contributed by atoms with Gasteiger partial charge in [0.1, 0.15) is 5.75 Å². The first-order valence-corrected chi connectivity index (χ1v) is 9.56. The molecule has 148 valence electrons. The zero-order valence-corrected chi connectivity index (χ0v) is 16.9. The molecule has 4 heteroatoms. The fraction of sp³-hybridized carbons (Fsp3) is 0.200. The fourth-order valence-electron chi connectivity index (χ4n) is 3.28. The van der Waals surface area contributed by atoms with Gasteiger partial charge in [0.2, 0.25) is 5.91 Å². The molecule has 3 aromatic rings. The van der Waals surface area contributed by atoms with Gasteiger partial charge in [0.25, 0.3) is 0 Å². The second-order valence-corrected chi connectivity index (χ2v) is 7.08. The van der Waals surface area contributed by atoms with E-state index in [9.17, 15) is 9.59 Å². The molecule has 1 N–H and O–H groups in total. The van der Waals surface area contributed by atoms with E-state index in [0.717, 1.165) is 16.7 Å². The van der Waals surface area contributed by atoms with Crippen molar-refractivity contribution in [3.8, 4) is 5.75 Å². The number of benzene rings is 3. The van der Waals surface area contributed by atoms with Crippen LogP contribution in [0.5, 0.6) is 5.75 Å². The van der Waals surface area contributed by atoms with E-state index >= 15 is 0 Å². The standard InChI is InChI=1S/C25H25NO3/c1-17-9-11-20(12-10-17)25(19-7-5-4-6-8-19)26-24(28)16-22-15-21(18(2)27)13-14-23(22)29-3/h4-15,25H,16H2,1-3H3,(H,26,28)/t25-/m1/s1. The van der Waals surface area contributed by atoms with Gasteiger partial charge in [-0.15, -0.1) is 0 Å². The van der Waals surface area contributed by atoms with Crippen molar-refractivity contribution in [1.82, 2.24) is 5.32 Å². The van der Waals surface area contributed by atoms with Crippen molar-refractivity contribution in [2.24, 2.45) is 0 Å². The molecule has 0 saturated carbocycles. The molecule has 0 bridgehead atoms. The summed E-state index contributed by atoms with van der Waals surface area (Å²) in [5.74, 6) is 0.409. The number of methoxy groups -OCH3 is 1. The van der Waals surface area contributed by atoms with E-state index in [2.05, 4.69) is 5.32 Å². The van der Waals surface area contributed by atoms with Crippen LogP contribution in [-0.2, 0) is 11.2 Å². The summed E-state index contributed by atoms with van der Waals surface area (Å²) < 4.78 is 5.38. The Balaban J connectivity index is 1.87. The maximum Gasteiger partial charge on any atom is 0.225 e. The van der Waals surface area contributed by atoms with Crippen LogP contribution in [0.25, 0.3) is 0 Å². The Kier molecular flexibility index (Phi) is 6.45. The Bertz CT molecular complexity index is 994.